The molecular formula is C21H28N4O2. The normalized spacial score (nSPS) is 16.7. The molecule has 0 radical (unpaired) electrons. The van der Waals surface area contributed by atoms with Crippen molar-refractivity contribution in [3.05, 3.63) is 58.0 Å². The molecule has 1 N–H and O–H groups in total. The number of rotatable bonds is 6. The van der Waals surface area contributed by atoms with E-state index in [1.54, 1.807) is 19.3 Å². The number of carbonyl (C=O) groups is 1. The lowest BCUT2D eigenvalue weighted by atomic mass is 10.0. The van der Waals surface area contributed by atoms with Gasteiger partial charge in [0.2, 0.25) is 0 Å². The first-order valence-corrected chi connectivity index (χ1v) is 9.58. The van der Waals surface area contributed by atoms with Gasteiger partial charge in [-0.3, -0.25) is 9.59 Å². The van der Waals surface area contributed by atoms with Crippen LogP contribution < -0.4 is 15.8 Å². The van der Waals surface area contributed by atoms with Gasteiger partial charge >= 0.3 is 0 Å². The number of nitrogens with one attached hydrogen (secondary N) is 1. The van der Waals surface area contributed by atoms with E-state index in [1.807, 2.05) is 24.3 Å². The van der Waals surface area contributed by atoms with Gasteiger partial charge < -0.3 is 10.2 Å². The molecule has 0 bridgehead atoms. The minimum Gasteiger partial charge on any atom is -0.370 e. The first-order chi connectivity index (χ1) is 12.9. The maximum atomic E-state index is 12.4. The van der Waals surface area contributed by atoms with E-state index in [0.717, 1.165) is 31.6 Å². The van der Waals surface area contributed by atoms with Crippen molar-refractivity contribution in [2.75, 3.05) is 24.5 Å². The fourth-order valence-electron chi connectivity index (χ4n) is 3.47. The van der Waals surface area contributed by atoms with E-state index in [2.05, 4.69) is 29.2 Å². The SMILES string of the molecule is CC(C)Cc1ccc(C(=O)NCC2CCN(c3cnn(C)c(=O)c3)C2)cc1. The number of aryl methyl sites for hydroxylation is 1. The highest BCUT2D eigenvalue weighted by Gasteiger charge is 2.23. The molecule has 1 aliphatic rings. The Balaban J connectivity index is 1.51. The van der Waals surface area contributed by atoms with E-state index < -0.39 is 0 Å². The monoisotopic (exact) mass is 368 g/mol. The highest BCUT2D eigenvalue weighted by molar-refractivity contribution is 5.94. The minimum atomic E-state index is -0.106. The first kappa shape index (κ1) is 19.1. The summed E-state index contributed by atoms with van der Waals surface area (Å²) in [5, 5.41) is 7.13. The van der Waals surface area contributed by atoms with Gasteiger partial charge in [0, 0.05) is 38.3 Å². The van der Waals surface area contributed by atoms with E-state index in [-0.39, 0.29) is 11.5 Å². The van der Waals surface area contributed by atoms with Crippen LogP contribution in [0.25, 0.3) is 0 Å². The molecule has 1 fully saturated rings. The zero-order valence-electron chi connectivity index (χ0n) is 16.3. The second kappa shape index (κ2) is 8.37. The Bertz CT molecular complexity index is 842. The summed E-state index contributed by atoms with van der Waals surface area (Å²) in [5.74, 6) is 0.952. The third kappa shape index (κ3) is 4.96. The molecule has 1 unspecified atom stereocenters. The van der Waals surface area contributed by atoms with E-state index in [0.29, 0.717) is 23.9 Å². The van der Waals surface area contributed by atoms with Crippen LogP contribution in [0.2, 0.25) is 0 Å². The average molecular weight is 368 g/mol. The Kier molecular flexibility index (Phi) is 5.94. The summed E-state index contributed by atoms with van der Waals surface area (Å²) >= 11 is 0. The summed E-state index contributed by atoms with van der Waals surface area (Å²) in [6.45, 7) is 6.72. The van der Waals surface area contributed by atoms with Crippen LogP contribution in [0, 0.1) is 11.8 Å². The van der Waals surface area contributed by atoms with Crippen LogP contribution in [-0.2, 0) is 13.5 Å². The number of hydrogen-bond donors (Lipinski definition) is 1. The van der Waals surface area contributed by atoms with Crippen LogP contribution in [0.15, 0.2) is 41.3 Å². The van der Waals surface area contributed by atoms with Gasteiger partial charge in [-0.05, 0) is 42.4 Å². The highest BCUT2D eigenvalue weighted by atomic mass is 16.1. The summed E-state index contributed by atoms with van der Waals surface area (Å²) in [4.78, 5) is 26.3. The Labute approximate surface area is 160 Å². The van der Waals surface area contributed by atoms with Crippen molar-refractivity contribution in [3.63, 3.8) is 0 Å². The van der Waals surface area contributed by atoms with Crippen LogP contribution in [-0.4, -0.2) is 35.3 Å². The Morgan fingerprint density at radius 1 is 1.30 bits per heavy atom. The molecule has 1 aromatic heterocycles. The summed E-state index contributed by atoms with van der Waals surface area (Å²) in [6.07, 6.45) is 3.74. The fraction of sp³-hybridized carbons (Fsp3) is 0.476. The van der Waals surface area contributed by atoms with Gasteiger partial charge in [0.1, 0.15) is 0 Å². The van der Waals surface area contributed by atoms with Gasteiger partial charge in [-0.2, -0.15) is 5.10 Å². The van der Waals surface area contributed by atoms with Crippen molar-refractivity contribution in [2.24, 2.45) is 18.9 Å². The second-order valence-corrected chi connectivity index (χ2v) is 7.78. The van der Waals surface area contributed by atoms with Gasteiger partial charge in [0.25, 0.3) is 11.5 Å². The van der Waals surface area contributed by atoms with Gasteiger partial charge in [-0.1, -0.05) is 26.0 Å². The molecule has 2 aromatic rings. The molecule has 3 rings (SSSR count). The van der Waals surface area contributed by atoms with Gasteiger partial charge in [-0.25, -0.2) is 4.68 Å². The fourth-order valence-corrected chi connectivity index (χ4v) is 3.47. The number of nitrogens with zero attached hydrogens (tertiary/aromatic N) is 3. The molecule has 0 aliphatic carbocycles. The molecule has 1 saturated heterocycles. The van der Waals surface area contributed by atoms with Crippen LogP contribution in [0.5, 0.6) is 0 Å². The van der Waals surface area contributed by atoms with Crippen molar-refractivity contribution in [3.8, 4) is 0 Å². The summed E-state index contributed by atoms with van der Waals surface area (Å²) in [7, 11) is 1.64. The lowest BCUT2D eigenvalue weighted by Crippen LogP contribution is -2.31. The average Bonchev–Trinajstić information content (AvgIpc) is 3.11. The lowest BCUT2D eigenvalue weighted by molar-refractivity contribution is 0.0948. The van der Waals surface area contributed by atoms with Crippen molar-refractivity contribution < 1.29 is 4.79 Å². The van der Waals surface area contributed by atoms with Crippen LogP contribution >= 0.6 is 0 Å². The smallest absolute Gasteiger partial charge is 0.268 e. The topological polar surface area (TPSA) is 67.2 Å². The predicted octanol–water partition coefficient (Wildman–Crippen LogP) is 2.24. The molecule has 2 heterocycles. The molecule has 0 saturated carbocycles. The number of amides is 1. The van der Waals surface area contributed by atoms with Crippen LogP contribution in [0.4, 0.5) is 5.69 Å². The zero-order valence-corrected chi connectivity index (χ0v) is 16.3. The van der Waals surface area contributed by atoms with Gasteiger partial charge in [0.05, 0.1) is 11.9 Å². The van der Waals surface area contributed by atoms with E-state index in [1.165, 1.54) is 10.2 Å². The van der Waals surface area contributed by atoms with Crippen molar-refractivity contribution in [1.29, 1.82) is 0 Å². The number of carbonyl (C=O) groups excluding carboxylic acids is 1. The third-order valence-corrected chi connectivity index (χ3v) is 5.02. The standard InChI is InChI=1S/C21H28N4O2/c1-15(2)10-16-4-6-18(7-5-16)21(27)22-12-17-8-9-25(14-17)19-11-20(26)24(3)23-13-19/h4-7,11,13,15,17H,8-10,12,14H2,1-3H3,(H,22,27). The highest BCUT2D eigenvalue weighted by Crippen LogP contribution is 2.21. The third-order valence-electron chi connectivity index (χ3n) is 5.02. The molecular weight excluding hydrogens is 340 g/mol. The summed E-state index contributed by atoms with van der Waals surface area (Å²) < 4.78 is 1.32. The van der Waals surface area contributed by atoms with E-state index in [4.69, 9.17) is 0 Å². The van der Waals surface area contributed by atoms with Crippen LogP contribution in [0.1, 0.15) is 36.2 Å². The molecule has 1 aromatic carbocycles. The molecule has 6 nitrogen and oxygen atoms in total. The number of hydrogen-bond acceptors (Lipinski definition) is 4. The maximum Gasteiger partial charge on any atom is 0.268 e. The van der Waals surface area contributed by atoms with E-state index in [9.17, 15) is 9.59 Å². The van der Waals surface area contributed by atoms with Crippen molar-refractivity contribution >= 4 is 11.6 Å². The predicted molar refractivity (Wildman–Crippen MR) is 107 cm³/mol. The largest absolute Gasteiger partial charge is 0.370 e. The number of aromatic nitrogens is 2. The summed E-state index contributed by atoms with van der Waals surface area (Å²) in [5.41, 5.74) is 2.71. The Hall–Kier alpha value is -2.63. The van der Waals surface area contributed by atoms with Crippen molar-refractivity contribution in [2.45, 2.75) is 26.7 Å². The van der Waals surface area contributed by atoms with Crippen molar-refractivity contribution in [1.82, 2.24) is 15.1 Å². The molecule has 144 valence electrons. The van der Waals surface area contributed by atoms with Crippen LogP contribution in [0.3, 0.4) is 0 Å². The quantitative estimate of drug-likeness (QED) is 0.849. The molecule has 0 spiro atoms. The molecule has 1 aliphatic heterocycles. The maximum absolute atomic E-state index is 12.4. The van der Waals surface area contributed by atoms with Gasteiger partial charge in [0.15, 0.2) is 0 Å². The molecule has 1 amide bonds. The summed E-state index contributed by atoms with van der Waals surface area (Å²) in [6, 6.07) is 9.50. The second-order valence-electron chi connectivity index (χ2n) is 7.78. The number of benzene rings is 1. The molecule has 1 atom stereocenters. The molecule has 6 heteroatoms. The minimum absolute atomic E-state index is 0.0280. The van der Waals surface area contributed by atoms with E-state index >= 15 is 0 Å². The Morgan fingerprint density at radius 2 is 2.04 bits per heavy atom. The number of anilines is 1. The zero-order chi connectivity index (χ0) is 19.4. The van der Waals surface area contributed by atoms with Gasteiger partial charge in [-0.15, -0.1) is 0 Å². The lowest BCUT2D eigenvalue weighted by Gasteiger charge is -2.18. The first-order valence-electron chi connectivity index (χ1n) is 9.58. The molecule has 27 heavy (non-hydrogen) atoms. The Morgan fingerprint density at radius 3 is 2.70 bits per heavy atom.